The van der Waals surface area contributed by atoms with E-state index in [-0.39, 0.29) is 27.7 Å². The summed E-state index contributed by atoms with van der Waals surface area (Å²) in [4.78, 5) is 4.33. The van der Waals surface area contributed by atoms with Crippen LogP contribution in [0.3, 0.4) is 0 Å². The minimum Gasteiger partial charge on any atom is -0.366 e. The van der Waals surface area contributed by atoms with Crippen LogP contribution in [-0.4, -0.2) is 35.3 Å². The van der Waals surface area contributed by atoms with Gasteiger partial charge in [-0.2, -0.15) is 4.36 Å². The van der Waals surface area contributed by atoms with Crippen LogP contribution < -0.4 is 0 Å². The van der Waals surface area contributed by atoms with E-state index in [1.807, 2.05) is 18.9 Å². The molecule has 2 aromatic rings. The summed E-state index contributed by atoms with van der Waals surface area (Å²) in [6, 6.07) is 5.03. The maximum atomic E-state index is 13.1. The molecule has 0 aromatic heterocycles. The third kappa shape index (κ3) is 6.08. The minimum absolute atomic E-state index is 0.129. The van der Waals surface area contributed by atoms with Gasteiger partial charge in [-0.25, -0.2) is 9.20 Å². The van der Waals surface area contributed by atoms with Crippen LogP contribution in [0.1, 0.15) is 12.5 Å². The van der Waals surface area contributed by atoms with E-state index in [1.54, 1.807) is 19.3 Å². The molecule has 0 saturated carbocycles. The Labute approximate surface area is 177 Å². The molecule has 0 saturated heterocycles. The lowest BCUT2D eigenvalue weighted by molar-refractivity contribution is 0.364. The van der Waals surface area contributed by atoms with Gasteiger partial charge < -0.3 is 4.90 Å². The van der Waals surface area contributed by atoms with Gasteiger partial charge in [-0.05, 0) is 55.8 Å². The molecule has 1 unspecified atom stereocenters. The summed E-state index contributed by atoms with van der Waals surface area (Å²) in [6.45, 7) is 4.35. The molecular weight excluding hydrogens is 469 g/mol. The molecule has 2 aromatic carbocycles. The summed E-state index contributed by atoms with van der Waals surface area (Å²) in [5.74, 6) is 0. The van der Waals surface area contributed by atoms with E-state index >= 15 is 0 Å². The largest absolute Gasteiger partial charge is 0.366 e. The Morgan fingerprint density at radius 3 is 2.20 bits per heavy atom. The predicted octanol–water partition coefficient (Wildman–Crippen LogP) is 7.71. The van der Waals surface area contributed by atoms with E-state index in [4.69, 9.17) is 11.6 Å². The monoisotopic (exact) mass is 489 g/mol. The topological polar surface area (TPSA) is 45.0 Å². The van der Waals surface area contributed by atoms with Crippen molar-refractivity contribution in [1.29, 1.82) is 0 Å². The average Bonchev–Trinajstić information content (AvgIpc) is 2.59. The maximum Gasteiger partial charge on any atom is 0.310 e. The maximum absolute atomic E-state index is 13.1. The van der Waals surface area contributed by atoms with Gasteiger partial charge in [-0.15, -0.1) is 0 Å². The zero-order valence-corrected chi connectivity index (χ0v) is 19.0. The number of hydrogen-bond acceptors (Lipinski definition) is 3. The van der Waals surface area contributed by atoms with Crippen molar-refractivity contribution in [2.45, 2.75) is 23.6 Å². The highest BCUT2D eigenvalue weighted by Crippen LogP contribution is 3.02. The Hall–Kier alpha value is -1.85. The number of halogens is 6. The van der Waals surface area contributed by atoms with Crippen LogP contribution in [0.25, 0.3) is 0 Å². The van der Waals surface area contributed by atoms with Crippen molar-refractivity contribution in [3.8, 4) is 0 Å². The van der Waals surface area contributed by atoms with Gasteiger partial charge in [0.1, 0.15) is 4.90 Å². The van der Waals surface area contributed by atoms with Crippen molar-refractivity contribution in [1.82, 2.24) is 4.90 Å². The van der Waals surface area contributed by atoms with Crippen LogP contribution in [0.4, 0.5) is 30.8 Å². The second-order valence-electron chi connectivity index (χ2n) is 6.74. The summed E-state index contributed by atoms with van der Waals surface area (Å²) in [5.41, 5.74) is 0.884. The number of aliphatic imine (C=N–C) groups is 1. The van der Waals surface area contributed by atoms with Crippen LogP contribution in [0.5, 0.6) is 0 Å². The molecular formula is C18H21ClF5N3OS2. The van der Waals surface area contributed by atoms with Crippen LogP contribution in [0, 0.1) is 6.92 Å². The molecule has 0 aliphatic heterocycles. The molecule has 0 aliphatic carbocycles. The molecule has 0 heterocycles. The Morgan fingerprint density at radius 2 is 1.70 bits per heavy atom. The first-order valence-corrected chi connectivity index (χ1v) is 12.8. The Kier molecular flexibility index (Phi) is 6.01. The van der Waals surface area contributed by atoms with E-state index in [2.05, 4.69) is 9.36 Å². The van der Waals surface area contributed by atoms with Gasteiger partial charge in [0.25, 0.3) is 0 Å². The number of aryl methyl sites for hydroxylation is 1. The normalized spacial score (nSPS) is 16.6. The number of rotatable bonds is 6. The average molecular weight is 490 g/mol. The molecule has 0 spiro atoms. The molecule has 168 valence electrons. The first-order chi connectivity index (χ1) is 13.4. The molecule has 0 fully saturated rings. The quantitative estimate of drug-likeness (QED) is 0.237. The van der Waals surface area contributed by atoms with Gasteiger partial charge in [0, 0.05) is 19.8 Å². The molecule has 2 rings (SSSR count). The molecule has 1 atom stereocenters. The van der Waals surface area contributed by atoms with Gasteiger partial charge in [0.15, 0.2) is 0 Å². The summed E-state index contributed by atoms with van der Waals surface area (Å²) < 4.78 is 81.3. The van der Waals surface area contributed by atoms with Crippen molar-refractivity contribution >= 4 is 49.3 Å². The lowest BCUT2D eigenvalue weighted by Crippen LogP contribution is -2.14. The van der Waals surface area contributed by atoms with Crippen LogP contribution >= 0.6 is 21.8 Å². The van der Waals surface area contributed by atoms with Crippen molar-refractivity contribution in [3.05, 3.63) is 47.0 Å². The molecule has 0 aliphatic rings. The van der Waals surface area contributed by atoms with Gasteiger partial charge >= 0.3 is 10.2 Å². The molecule has 12 heteroatoms. The highest BCUT2D eigenvalue weighted by Gasteiger charge is 2.65. The number of nitrogens with zero attached hydrogens (tertiary/aromatic N) is 3. The first kappa shape index (κ1) is 24.4. The lowest BCUT2D eigenvalue weighted by Gasteiger charge is -2.40. The third-order valence-electron chi connectivity index (χ3n) is 4.11. The van der Waals surface area contributed by atoms with E-state index in [9.17, 15) is 23.6 Å². The van der Waals surface area contributed by atoms with Crippen molar-refractivity contribution in [2.24, 2.45) is 9.36 Å². The van der Waals surface area contributed by atoms with Crippen molar-refractivity contribution < 1.29 is 23.6 Å². The molecule has 0 N–H and O–H groups in total. The fourth-order valence-electron chi connectivity index (χ4n) is 2.41. The molecule has 0 amide bonds. The summed E-state index contributed by atoms with van der Waals surface area (Å²) in [5, 5.41) is 0.220. The Morgan fingerprint density at radius 1 is 1.13 bits per heavy atom. The second kappa shape index (κ2) is 7.38. The fraction of sp³-hybridized carbons (Fsp3) is 0.278. The van der Waals surface area contributed by atoms with Gasteiger partial charge in [-0.3, -0.25) is 0 Å². The molecule has 0 bridgehead atoms. The standard InChI is InChI=1S/C18H21ClF5N3OS2/c1-5-27(3)12-25-17-10-13(2)18(11-16(17)19)29(4,28)26-14-6-8-15(9-7-14)30(20,21,22,23)24/h6-12H,5H2,1-4H3. The molecule has 30 heavy (non-hydrogen) atoms. The lowest BCUT2D eigenvalue weighted by atomic mass is 10.2. The zero-order valence-electron chi connectivity index (χ0n) is 16.6. The van der Waals surface area contributed by atoms with Gasteiger partial charge in [-0.1, -0.05) is 31.0 Å². The summed E-state index contributed by atoms with van der Waals surface area (Å²) in [6.07, 6.45) is 2.88. The van der Waals surface area contributed by atoms with E-state index in [0.717, 1.165) is 18.7 Å². The van der Waals surface area contributed by atoms with Crippen LogP contribution in [0.2, 0.25) is 5.02 Å². The molecule has 0 radical (unpaired) electrons. The highest BCUT2D eigenvalue weighted by atomic mass is 35.5. The highest BCUT2D eigenvalue weighted by molar-refractivity contribution is 8.45. The van der Waals surface area contributed by atoms with Crippen molar-refractivity contribution in [3.63, 3.8) is 0 Å². The Balaban J connectivity index is 2.47. The van der Waals surface area contributed by atoms with E-state index in [0.29, 0.717) is 11.3 Å². The van der Waals surface area contributed by atoms with Crippen LogP contribution in [0.15, 0.2) is 55.5 Å². The molecule has 4 nitrogen and oxygen atoms in total. The SMILES string of the molecule is CCN(C)C=Nc1cc(C)c(S(C)(=O)=Nc2ccc(S(F)(F)(F)(F)F)cc2)cc1Cl. The van der Waals surface area contributed by atoms with E-state index in [1.165, 1.54) is 12.3 Å². The smallest absolute Gasteiger partial charge is 0.310 e. The van der Waals surface area contributed by atoms with E-state index < -0.39 is 24.8 Å². The van der Waals surface area contributed by atoms with Gasteiger partial charge in [0.2, 0.25) is 0 Å². The second-order valence-corrected chi connectivity index (χ2v) is 11.8. The number of hydrogen-bond donors (Lipinski definition) is 0. The number of benzene rings is 2. The fourth-order valence-corrected chi connectivity index (χ4v) is 4.95. The van der Waals surface area contributed by atoms with Crippen LogP contribution in [-0.2, 0) is 9.73 Å². The van der Waals surface area contributed by atoms with Crippen molar-refractivity contribution in [2.75, 3.05) is 19.8 Å². The predicted molar refractivity (Wildman–Crippen MR) is 115 cm³/mol. The third-order valence-corrected chi connectivity index (χ3v) is 7.39. The Bertz CT molecular complexity index is 1110. The minimum atomic E-state index is -9.78. The summed E-state index contributed by atoms with van der Waals surface area (Å²) >= 11 is 6.23. The van der Waals surface area contributed by atoms with Gasteiger partial charge in [0.05, 0.1) is 37.4 Å². The first-order valence-electron chi connectivity index (χ1n) is 8.54. The zero-order chi connectivity index (χ0) is 23.0. The summed E-state index contributed by atoms with van der Waals surface area (Å²) in [7, 11) is -11.1.